The lowest BCUT2D eigenvalue weighted by Crippen LogP contribution is -2.27. The first-order valence-electron chi connectivity index (χ1n) is 16.4. The Hall–Kier alpha value is -5.24. The Morgan fingerprint density at radius 2 is 0.935 bits per heavy atom. The van der Waals surface area contributed by atoms with Crippen molar-refractivity contribution < 1.29 is 0 Å². The van der Waals surface area contributed by atoms with E-state index < -0.39 is 0 Å². The number of nitrogens with zero attached hydrogens (tertiary/aromatic N) is 4. The van der Waals surface area contributed by atoms with Gasteiger partial charge in [0.2, 0.25) is 0 Å². The first-order valence-corrected chi connectivity index (χ1v) is 16.4. The fourth-order valence-corrected chi connectivity index (χ4v) is 6.78. The van der Waals surface area contributed by atoms with Crippen molar-refractivity contribution in [2.75, 3.05) is 26.2 Å². The number of fused-ring (bicyclic) bond motifs is 2. The first-order chi connectivity index (χ1) is 22.6. The number of rotatable bonds is 7. The zero-order chi connectivity index (χ0) is 31.0. The zero-order valence-corrected chi connectivity index (χ0v) is 25.9. The van der Waals surface area contributed by atoms with Gasteiger partial charge in [0.25, 0.3) is 0 Å². The highest BCUT2D eigenvalue weighted by Gasteiger charge is 2.18. The number of hydrogen-bond acceptors (Lipinski definition) is 4. The Kier molecular flexibility index (Phi) is 7.33. The minimum Gasteiger partial charge on any atom is -0.357 e. The van der Waals surface area contributed by atoms with Crippen molar-refractivity contribution in [2.45, 2.75) is 38.5 Å². The van der Waals surface area contributed by atoms with Gasteiger partial charge in [0.1, 0.15) is 23.3 Å². The van der Waals surface area contributed by atoms with Crippen LogP contribution in [0.25, 0.3) is 44.8 Å². The third-order valence-electron chi connectivity index (χ3n) is 9.51. The van der Waals surface area contributed by atoms with Gasteiger partial charge in [-0.3, -0.25) is 10.8 Å². The van der Waals surface area contributed by atoms with E-state index in [0.717, 1.165) is 95.0 Å². The number of benzene rings is 4. The number of H-pyrrole nitrogens is 2. The molecule has 46 heavy (non-hydrogen) atoms. The molecule has 0 bridgehead atoms. The quantitative estimate of drug-likeness (QED) is 0.112. The van der Waals surface area contributed by atoms with Crippen LogP contribution in [0.5, 0.6) is 0 Å². The summed E-state index contributed by atoms with van der Waals surface area (Å²) in [6.07, 6.45) is 6.58. The molecule has 0 atom stereocenters. The van der Waals surface area contributed by atoms with Crippen molar-refractivity contribution in [3.05, 3.63) is 107 Å². The summed E-state index contributed by atoms with van der Waals surface area (Å²) in [6.45, 7) is 3.89. The maximum absolute atomic E-state index is 8.59. The van der Waals surface area contributed by atoms with Crippen molar-refractivity contribution in [1.82, 2.24) is 29.7 Å². The molecule has 4 heterocycles. The second-order valence-corrected chi connectivity index (χ2v) is 12.6. The lowest BCUT2D eigenvalue weighted by molar-refractivity contribution is 0.517. The van der Waals surface area contributed by atoms with E-state index in [1.165, 1.54) is 36.8 Å². The summed E-state index contributed by atoms with van der Waals surface area (Å²) in [6, 6.07) is 29.5. The van der Waals surface area contributed by atoms with E-state index in [-0.39, 0.29) is 0 Å². The van der Waals surface area contributed by atoms with Crippen molar-refractivity contribution in [2.24, 2.45) is 0 Å². The third-order valence-corrected chi connectivity index (χ3v) is 9.51. The van der Waals surface area contributed by atoms with Crippen LogP contribution < -0.4 is 0 Å². The Balaban J connectivity index is 0.904. The van der Waals surface area contributed by atoms with Gasteiger partial charge in [0, 0.05) is 48.4 Å². The molecule has 2 fully saturated rings. The molecule has 2 saturated heterocycles. The molecule has 0 spiro atoms. The van der Waals surface area contributed by atoms with Crippen LogP contribution in [-0.2, 0) is 12.8 Å². The maximum Gasteiger partial charge on any atom is 0.138 e. The highest BCUT2D eigenvalue weighted by molar-refractivity contribution is 6.00. The number of nitrogens with one attached hydrogen (secondary N) is 4. The van der Waals surface area contributed by atoms with Gasteiger partial charge in [-0.15, -0.1) is 0 Å². The van der Waals surface area contributed by atoms with Gasteiger partial charge in [-0.25, -0.2) is 9.97 Å². The summed E-state index contributed by atoms with van der Waals surface area (Å²) in [4.78, 5) is 20.9. The minimum atomic E-state index is 0.605. The Morgan fingerprint density at radius 1 is 0.543 bits per heavy atom. The highest BCUT2D eigenvalue weighted by atomic mass is 15.2. The third kappa shape index (κ3) is 5.55. The van der Waals surface area contributed by atoms with Crippen molar-refractivity contribution >= 4 is 33.7 Å². The van der Waals surface area contributed by atoms with Gasteiger partial charge < -0.3 is 19.8 Å². The molecule has 0 unspecified atom stereocenters. The number of likely N-dealkylation sites (tertiary alicyclic amines) is 2. The number of amidine groups is 2. The predicted molar refractivity (Wildman–Crippen MR) is 186 cm³/mol. The van der Waals surface area contributed by atoms with E-state index in [4.69, 9.17) is 20.8 Å². The molecule has 6 aromatic rings. The monoisotopic (exact) mass is 606 g/mol. The van der Waals surface area contributed by atoms with Gasteiger partial charge >= 0.3 is 0 Å². The Morgan fingerprint density at radius 3 is 1.33 bits per heavy atom. The van der Waals surface area contributed by atoms with Crippen LogP contribution in [0.2, 0.25) is 0 Å². The molecule has 0 radical (unpaired) electrons. The molecule has 0 amide bonds. The van der Waals surface area contributed by atoms with Crippen molar-refractivity contribution in [3.63, 3.8) is 0 Å². The smallest absolute Gasteiger partial charge is 0.138 e. The van der Waals surface area contributed by atoms with Crippen LogP contribution in [0.1, 0.15) is 47.9 Å². The summed E-state index contributed by atoms with van der Waals surface area (Å²) in [5.74, 6) is 2.92. The molecule has 8 heteroatoms. The first kappa shape index (κ1) is 28.2. The van der Waals surface area contributed by atoms with Crippen molar-refractivity contribution in [1.29, 1.82) is 10.8 Å². The summed E-state index contributed by atoms with van der Waals surface area (Å²) >= 11 is 0. The molecule has 4 N–H and O–H groups in total. The number of hydrogen-bond donors (Lipinski definition) is 4. The topological polar surface area (TPSA) is 112 Å². The second-order valence-electron chi connectivity index (χ2n) is 12.6. The summed E-state index contributed by atoms with van der Waals surface area (Å²) in [5, 5.41) is 17.2. The average molecular weight is 607 g/mol. The van der Waals surface area contributed by atoms with Crippen LogP contribution in [0.4, 0.5) is 0 Å². The minimum absolute atomic E-state index is 0.605. The van der Waals surface area contributed by atoms with E-state index in [2.05, 4.69) is 80.4 Å². The molecule has 4 aromatic carbocycles. The summed E-state index contributed by atoms with van der Waals surface area (Å²) < 4.78 is 0. The Labute approximate surface area is 268 Å². The average Bonchev–Trinajstić information content (AvgIpc) is 3.93. The van der Waals surface area contributed by atoms with Gasteiger partial charge in [-0.1, -0.05) is 48.5 Å². The fraction of sp³-hybridized carbons (Fsp3) is 0.263. The second kappa shape index (κ2) is 11.9. The van der Waals surface area contributed by atoms with Crippen molar-refractivity contribution in [3.8, 4) is 22.8 Å². The molecular weight excluding hydrogens is 568 g/mol. The molecule has 2 aliphatic heterocycles. The summed E-state index contributed by atoms with van der Waals surface area (Å²) in [7, 11) is 0. The van der Waals surface area contributed by atoms with Crippen LogP contribution in [0, 0.1) is 10.8 Å². The number of aryl methyl sites for hydroxylation is 2. The van der Waals surface area contributed by atoms with Gasteiger partial charge in [0.05, 0.1) is 22.1 Å². The van der Waals surface area contributed by atoms with E-state index in [9.17, 15) is 0 Å². The number of aromatic nitrogens is 4. The molecule has 8 rings (SSSR count). The van der Waals surface area contributed by atoms with E-state index in [0.29, 0.717) is 11.7 Å². The van der Waals surface area contributed by atoms with E-state index in [1.54, 1.807) is 0 Å². The normalized spacial score (nSPS) is 15.0. The van der Waals surface area contributed by atoms with Gasteiger partial charge in [-0.05, 0) is 86.1 Å². The number of aromatic amines is 2. The maximum atomic E-state index is 8.59. The van der Waals surface area contributed by atoms with E-state index in [1.807, 2.05) is 24.3 Å². The van der Waals surface area contributed by atoms with Gasteiger partial charge in [0.15, 0.2) is 0 Å². The standard InChI is InChI=1S/C38H38N8/c39-35(45-19-1-2-20-45)29-15-17-31-33(23-29)43-37(41-31)27-11-7-25(8-12-27)5-6-26-9-13-28(14-10-26)38-42-32-18-16-30(24-34(32)44-38)36(40)46-21-3-4-22-46/h7-18,23-24,39-40H,1-6,19-22H2,(H,41,43)(H,42,44). The lowest BCUT2D eigenvalue weighted by atomic mass is 10.0. The van der Waals surface area contributed by atoms with Crippen LogP contribution >= 0.6 is 0 Å². The Bertz CT molecular complexity index is 1890. The molecule has 2 aliphatic rings. The molecule has 0 saturated carbocycles. The zero-order valence-electron chi connectivity index (χ0n) is 25.9. The predicted octanol–water partition coefficient (Wildman–Crippen LogP) is 7.40. The molecule has 8 nitrogen and oxygen atoms in total. The van der Waals surface area contributed by atoms with Gasteiger partial charge in [-0.2, -0.15) is 0 Å². The summed E-state index contributed by atoms with van der Waals surface area (Å²) in [5.41, 5.74) is 10.4. The number of imidazole rings is 2. The molecule has 2 aromatic heterocycles. The largest absolute Gasteiger partial charge is 0.357 e. The van der Waals surface area contributed by atoms with Crippen LogP contribution in [0.3, 0.4) is 0 Å². The molecular formula is C38H38N8. The van der Waals surface area contributed by atoms with E-state index >= 15 is 0 Å². The highest BCUT2D eigenvalue weighted by Crippen LogP contribution is 2.25. The van der Waals surface area contributed by atoms with Crippen LogP contribution in [-0.4, -0.2) is 67.6 Å². The lowest BCUT2D eigenvalue weighted by Gasteiger charge is -2.18. The molecule has 0 aliphatic carbocycles. The molecule has 230 valence electrons. The van der Waals surface area contributed by atoms with Crippen LogP contribution in [0.15, 0.2) is 84.9 Å². The SMILES string of the molecule is N=C(c1ccc2nc(-c3ccc(CCc4ccc(-c5nc6ccc(C(=N)N7CCCC7)cc6[nH]5)cc4)cc3)[nH]c2c1)N1CCCC1. The fourth-order valence-electron chi connectivity index (χ4n) is 6.78.